The minimum absolute atomic E-state index is 0.107. The van der Waals surface area contributed by atoms with Crippen LogP contribution in [0.1, 0.15) is 25.0 Å². The number of ether oxygens (including phenoxy) is 1. The molecule has 0 unspecified atom stereocenters. The Morgan fingerprint density at radius 1 is 1.22 bits per heavy atom. The minimum atomic E-state index is -1.68. The van der Waals surface area contributed by atoms with Crippen LogP contribution in [0.25, 0.3) is 0 Å². The highest BCUT2D eigenvalue weighted by molar-refractivity contribution is 6.31. The molecule has 1 aromatic rings. The van der Waals surface area contributed by atoms with E-state index in [4.69, 9.17) is 26.7 Å². The Kier molecular flexibility index (Phi) is 6.17. The number of benzene rings is 1. The second-order valence-electron chi connectivity index (χ2n) is 6.75. The highest BCUT2D eigenvalue weighted by atomic mass is 35.5. The normalized spacial score (nSPS) is 20.9. The third-order valence-electron chi connectivity index (χ3n) is 4.76. The molecule has 0 radical (unpaired) electrons. The van der Waals surface area contributed by atoms with Crippen molar-refractivity contribution in [3.8, 4) is 6.07 Å². The lowest BCUT2D eigenvalue weighted by molar-refractivity contribution is -0.147. The lowest BCUT2D eigenvalue weighted by atomic mass is 10.1. The van der Waals surface area contributed by atoms with Gasteiger partial charge in [-0.15, -0.1) is 0 Å². The van der Waals surface area contributed by atoms with Crippen LogP contribution in [0.4, 0.5) is 17.6 Å². The third-order valence-corrected chi connectivity index (χ3v) is 4.97. The monoisotopic (exact) mass is 405 g/mol. The number of esters is 1. The average molecular weight is 406 g/mol. The highest BCUT2D eigenvalue weighted by Gasteiger charge is 2.61. The third kappa shape index (κ3) is 3.94. The van der Waals surface area contributed by atoms with Gasteiger partial charge >= 0.3 is 5.97 Å². The number of aliphatic hydroxyl groups excluding tert-OH is 1. The molecule has 2 atom stereocenters. The maximum Gasteiger partial charge on any atom is 0.310 e. The standard InChI is InChI=1S/C18H16ClF4NO3/c1-18(2)11(5-8(19)6-24)12(18)17(26)27-7-10-15(22)13(20)9(3-4-25)14(21)16(10)23/h5,11-12,25H,3-4,7H2,1-2H3/t11-,12-/m0/s1. The topological polar surface area (TPSA) is 70.3 Å². The van der Waals surface area contributed by atoms with E-state index in [1.54, 1.807) is 19.9 Å². The zero-order chi connectivity index (χ0) is 20.5. The van der Waals surface area contributed by atoms with Gasteiger partial charge in [0, 0.05) is 18.6 Å². The van der Waals surface area contributed by atoms with Crippen molar-refractivity contribution in [2.75, 3.05) is 6.61 Å². The van der Waals surface area contributed by atoms with Gasteiger partial charge in [-0.3, -0.25) is 4.79 Å². The van der Waals surface area contributed by atoms with Crippen LogP contribution in [0.15, 0.2) is 11.1 Å². The van der Waals surface area contributed by atoms with Crippen LogP contribution in [-0.2, 0) is 22.6 Å². The number of carbonyl (C=O) groups excluding carboxylic acids is 1. The number of rotatable bonds is 6. The predicted molar refractivity (Wildman–Crippen MR) is 87.2 cm³/mol. The number of aliphatic hydroxyl groups is 1. The van der Waals surface area contributed by atoms with Crippen molar-refractivity contribution >= 4 is 17.6 Å². The Labute approximate surface area is 158 Å². The number of carbonyl (C=O) groups is 1. The summed E-state index contributed by atoms with van der Waals surface area (Å²) in [6.07, 6.45) is 0.785. The summed E-state index contributed by atoms with van der Waals surface area (Å²) in [5.74, 6) is -8.58. The van der Waals surface area contributed by atoms with Gasteiger partial charge in [-0.2, -0.15) is 5.26 Å². The van der Waals surface area contributed by atoms with E-state index >= 15 is 0 Å². The van der Waals surface area contributed by atoms with Crippen LogP contribution in [0, 0.1) is 51.9 Å². The summed E-state index contributed by atoms with van der Waals surface area (Å²) in [5, 5.41) is 17.3. The van der Waals surface area contributed by atoms with Crippen LogP contribution < -0.4 is 0 Å². The maximum absolute atomic E-state index is 14.0. The van der Waals surface area contributed by atoms with Gasteiger partial charge in [0.2, 0.25) is 0 Å². The van der Waals surface area contributed by atoms with Crippen LogP contribution >= 0.6 is 11.6 Å². The minimum Gasteiger partial charge on any atom is -0.460 e. The first-order valence-electron chi connectivity index (χ1n) is 7.96. The first-order valence-corrected chi connectivity index (χ1v) is 8.34. The number of hydrogen-bond donors (Lipinski definition) is 1. The van der Waals surface area contributed by atoms with Crippen molar-refractivity contribution in [2.45, 2.75) is 26.9 Å². The first kappa shape index (κ1) is 21.2. The molecule has 0 bridgehead atoms. The van der Waals surface area contributed by atoms with Crippen LogP contribution in [0.3, 0.4) is 0 Å². The Bertz CT molecular complexity index is 819. The molecule has 9 heteroatoms. The molecular weight excluding hydrogens is 390 g/mol. The molecule has 1 N–H and O–H groups in total. The van der Waals surface area contributed by atoms with Crippen molar-refractivity contribution < 1.29 is 32.2 Å². The van der Waals surface area contributed by atoms with Crippen molar-refractivity contribution in [1.82, 2.24) is 0 Å². The van der Waals surface area contributed by atoms with Crippen LogP contribution in [0.2, 0.25) is 0 Å². The molecule has 1 aromatic carbocycles. The second-order valence-corrected chi connectivity index (χ2v) is 7.15. The lowest BCUT2D eigenvalue weighted by Crippen LogP contribution is -2.15. The molecule has 2 rings (SSSR count). The van der Waals surface area contributed by atoms with Gasteiger partial charge in [-0.25, -0.2) is 17.6 Å². The van der Waals surface area contributed by atoms with Gasteiger partial charge in [-0.1, -0.05) is 31.5 Å². The zero-order valence-corrected chi connectivity index (χ0v) is 15.2. The number of nitriles is 1. The van der Waals surface area contributed by atoms with E-state index in [0.29, 0.717) is 0 Å². The van der Waals surface area contributed by atoms with Gasteiger partial charge in [0.15, 0.2) is 23.3 Å². The summed E-state index contributed by atoms with van der Waals surface area (Å²) in [6, 6.07) is 1.71. The molecule has 0 aromatic heterocycles. The van der Waals surface area contributed by atoms with Gasteiger partial charge in [-0.05, 0) is 11.3 Å². The Hall–Kier alpha value is -2.11. The molecule has 0 aliphatic heterocycles. The summed E-state index contributed by atoms with van der Waals surface area (Å²) < 4.78 is 60.6. The predicted octanol–water partition coefficient (Wildman–Crippen LogP) is 3.74. The largest absolute Gasteiger partial charge is 0.460 e. The summed E-state index contributed by atoms with van der Waals surface area (Å²) in [7, 11) is 0. The molecule has 4 nitrogen and oxygen atoms in total. The first-order chi connectivity index (χ1) is 12.6. The van der Waals surface area contributed by atoms with Crippen molar-refractivity contribution in [3.63, 3.8) is 0 Å². The Morgan fingerprint density at radius 3 is 2.22 bits per heavy atom. The SMILES string of the molecule is CC1(C)[C@H](C(=O)OCc2c(F)c(F)c(CCO)c(F)c2F)[C@@H]1C=C(Cl)C#N. The van der Waals surface area contributed by atoms with Gasteiger partial charge in [0.05, 0.1) is 11.5 Å². The molecule has 0 spiro atoms. The fourth-order valence-electron chi connectivity index (χ4n) is 3.05. The molecular formula is C18H16ClF4NO3. The summed E-state index contributed by atoms with van der Waals surface area (Å²) >= 11 is 5.63. The van der Waals surface area contributed by atoms with Crippen molar-refractivity contribution in [1.29, 1.82) is 5.26 Å². The molecule has 0 saturated heterocycles. The lowest BCUT2D eigenvalue weighted by Gasteiger charge is -2.12. The highest BCUT2D eigenvalue weighted by Crippen LogP contribution is 2.60. The Morgan fingerprint density at radius 2 is 1.74 bits per heavy atom. The number of halogens is 5. The van der Waals surface area contributed by atoms with E-state index in [2.05, 4.69) is 0 Å². The number of allylic oxidation sites excluding steroid dienone is 2. The smallest absolute Gasteiger partial charge is 0.310 e. The van der Waals surface area contributed by atoms with E-state index in [-0.39, 0.29) is 5.03 Å². The van der Waals surface area contributed by atoms with E-state index in [1.807, 2.05) is 0 Å². The van der Waals surface area contributed by atoms with E-state index in [0.717, 1.165) is 0 Å². The fraction of sp³-hybridized carbons (Fsp3) is 0.444. The molecule has 1 saturated carbocycles. The van der Waals surface area contributed by atoms with Crippen molar-refractivity contribution in [3.05, 3.63) is 45.5 Å². The van der Waals surface area contributed by atoms with Gasteiger partial charge < -0.3 is 9.84 Å². The maximum atomic E-state index is 14.0. The van der Waals surface area contributed by atoms with Crippen LogP contribution in [0.5, 0.6) is 0 Å². The molecule has 0 amide bonds. The number of nitrogens with zero attached hydrogens (tertiary/aromatic N) is 1. The summed E-state index contributed by atoms with van der Waals surface area (Å²) in [6.45, 7) is 1.73. The second kappa shape index (κ2) is 7.87. The molecule has 1 aliphatic rings. The summed E-state index contributed by atoms with van der Waals surface area (Å²) in [5.41, 5.74) is -2.56. The van der Waals surface area contributed by atoms with Gasteiger partial charge in [0.1, 0.15) is 17.7 Å². The fourth-order valence-corrected chi connectivity index (χ4v) is 3.18. The van der Waals surface area contributed by atoms with Crippen LogP contribution in [-0.4, -0.2) is 17.7 Å². The zero-order valence-electron chi connectivity index (χ0n) is 14.5. The molecule has 1 fully saturated rings. The van der Waals surface area contributed by atoms with Gasteiger partial charge in [0.25, 0.3) is 0 Å². The average Bonchev–Trinajstić information content (AvgIpc) is 3.16. The quantitative estimate of drug-likeness (QED) is 0.339. The molecule has 0 heterocycles. The van der Waals surface area contributed by atoms with E-state index in [9.17, 15) is 22.4 Å². The molecule has 1 aliphatic carbocycles. The molecule has 27 heavy (non-hydrogen) atoms. The van der Waals surface area contributed by atoms with E-state index < -0.39 is 77.3 Å². The molecule has 146 valence electrons. The summed E-state index contributed by atoms with van der Waals surface area (Å²) in [4.78, 5) is 12.2. The van der Waals surface area contributed by atoms with E-state index in [1.165, 1.54) is 6.08 Å². The number of hydrogen-bond acceptors (Lipinski definition) is 4. The van der Waals surface area contributed by atoms with Crippen molar-refractivity contribution in [2.24, 2.45) is 17.3 Å². The Balaban J connectivity index is 2.18.